The highest BCUT2D eigenvalue weighted by molar-refractivity contribution is 7.89. The molecule has 1 unspecified atom stereocenters. The lowest BCUT2D eigenvalue weighted by molar-refractivity contribution is 0.238. The van der Waals surface area contributed by atoms with E-state index in [4.69, 9.17) is 9.84 Å². The van der Waals surface area contributed by atoms with Gasteiger partial charge in [-0.15, -0.1) is 0 Å². The van der Waals surface area contributed by atoms with Crippen LogP contribution in [-0.2, 0) is 10.0 Å². The number of sulfonamides is 1. The predicted octanol–water partition coefficient (Wildman–Crippen LogP) is 0.602. The van der Waals surface area contributed by atoms with Crippen LogP contribution in [0.3, 0.4) is 0 Å². The van der Waals surface area contributed by atoms with Crippen LogP contribution in [0, 0.1) is 5.92 Å². The van der Waals surface area contributed by atoms with Gasteiger partial charge in [0.15, 0.2) is 0 Å². The maximum atomic E-state index is 12.0. The van der Waals surface area contributed by atoms with E-state index in [1.807, 2.05) is 0 Å². The lowest BCUT2D eigenvalue weighted by Crippen LogP contribution is -2.29. The molecule has 1 aromatic rings. The van der Waals surface area contributed by atoms with Crippen LogP contribution < -0.4 is 9.46 Å². The molecule has 1 rings (SSSR count). The maximum Gasteiger partial charge on any atom is 0.244 e. The Morgan fingerprint density at radius 1 is 1.41 bits per heavy atom. The summed E-state index contributed by atoms with van der Waals surface area (Å²) in [5, 5.41) is 8.84. The van der Waals surface area contributed by atoms with Gasteiger partial charge in [0.05, 0.1) is 7.11 Å². The molecule has 0 radical (unpaired) electrons. The number of para-hydroxylation sites is 1. The molecule has 0 heterocycles. The van der Waals surface area contributed by atoms with Gasteiger partial charge in [0.1, 0.15) is 10.6 Å². The average molecular weight is 259 g/mol. The van der Waals surface area contributed by atoms with Crippen LogP contribution in [0.1, 0.15) is 6.92 Å². The van der Waals surface area contributed by atoms with Gasteiger partial charge >= 0.3 is 0 Å². The van der Waals surface area contributed by atoms with E-state index in [9.17, 15) is 8.42 Å². The Labute approximate surface area is 101 Å². The first-order chi connectivity index (χ1) is 8.01. The van der Waals surface area contributed by atoms with E-state index in [1.54, 1.807) is 25.1 Å². The Morgan fingerprint density at radius 2 is 2.06 bits per heavy atom. The van der Waals surface area contributed by atoms with Crippen molar-refractivity contribution in [2.24, 2.45) is 5.92 Å². The molecule has 1 atom stereocenters. The highest BCUT2D eigenvalue weighted by Crippen LogP contribution is 2.22. The SMILES string of the molecule is COc1ccccc1S(=O)(=O)NCC(C)CO. The fraction of sp³-hybridized carbons (Fsp3) is 0.455. The quantitative estimate of drug-likeness (QED) is 0.784. The first kappa shape index (κ1) is 14.0. The predicted molar refractivity (Wildman–Crippen MR) is 64.4 cm³/mol. The number of nitrogens with one attached hydrogen (secondary N) is 1. The second kappa shape index (κ2) is 6.00. The molecule has 0 fully saturated rings. The number of hydrogen-bond donors (Lipinski definition) is 2. The lowest BCUT2D eigenvalue weighted by Gasteiger charge is -2.12. The second-order valence-corrected chi connectivity index (χ2v) is 5.53. The molecule has 0 aliphatic heterocycles. The van der Waals surface area contributed by atoms with Crippen molar-refractivity contribution in [1.82, 2.24) is 4.72 Å². The van der Waals surface area contributed by atoms with E-state index in [-0.39, 0.29) is 24.0 Å². The molecule has 0 aliphatic rings. The van der Waals surface area contributed by atoms with E-state index in [0.717, 1.165) is 0 Å². The highest BCUT2D eigenvalue weighted by atomic mass is 32.2. The number of aliphatic hydroxyl groups is 1. The summed E-state index contributed by atoms with van der Waals surface area (Å²) in [7, 11) is -2.17. The van der Waals surface area contributed by atoms with Crippen molar-refractivity contribution in [3.63, 3.8) is 0 Å². The van der Waals surface area contributed by atoms with E-state index in [2.05, 4.69) is 4.72 Å². The topological polar surface area (TPSA) is 75.6 Å². The average Bonchev–Trinajstić information content (AvgIpc) is 2.35. The molecule has 0 saturated carbocycles. The van der Waals surface area contributed by atoms with Gasteiger partial charge in [0.2, 0.25) is 10.0 Å². The van der Waals surface area contributed by atoms with Crippen molar-refractivity contribution in [1.29, 1.82) is 0 Å². The molecule has 0 aliphatic carbocycles. The zero-order chi connectivity index (χ0) is 12.9. The number of ether oxygens (including phenoxy) is 1. The maximum absolute atomic E-state index is 12.0. The van der Waals surface area contributed by atoms with Crippen LogP contribution in [0.2, 0.25) is 0 Å². The largest absolute Gasteiger partial charge is 0.495 e. The third kappa shape index (κ3) is 3.69. The second-order valence-electron chi connectivity index (χ2n) is 3.79. The standard InChI is InChI=1S/C11H17NO4S/c1-9(8-13)7-12-17(14,15)11-6-4-3-5-10(11)16-2/h3-6,9,12-13H,7-8H2,1-2H3. The Hall–Kier alpha value is -1.11. The minimum absolute atomic E-state index is 0.0611. The summed E-state index contributed by atoms with van der Waals surface area (Å²) in [4.78, 5) is 0.104. The van der Waals surface area contributed by atoms with Crippen molar-refractivity contribution in [3.05, 3.63) is 24.3 Å². The van der Waals surface area contributed by atoms with Gasteiger partial charge in [0.25, 0.3) is 0 Å². The third-order valence-electron chi connectivity index (χ3n) is 2.29. The van der Waals surface area contributed by atoms with Crippen LogP contribution in [0.4, 0.5) is 0 Å². The molecule has 0 bridgehead atoms. The summed E-state index contributed by atoms with van der Waals surface area (Å²) in [6.45, 7) is 1.88. The molecule has 6 heteroatoms. The van der Waals surface area contributed by atoms with E-state index in [0.29, 0.717) is 5.75 Å². The van der Waals surface area contributed by atoms with Gasteiger partial charge in [0, 0.05) is 13.2 Å². The minimum Gasteiger partial charge on any atom is -0.495 e. The van der Waals surface area contributed by atoms with Crippen molar-refractivity contribution in [2.45, 2.75) is 11.8 Å². The molecule has 5 nitrogen and oxygen atoms in total. The summed E-state index contributed by atoms with van der Waals surface area (Å²) in [5.74, 6) is 0.177. The molecule has 0 amide bonds. The van der Waals surface area contributed by atoms with E-state index >= 15 is 0 Å². The third-order valence-corrected chi connectivity index (χ3v) is 3.76. The van der Waals surface area contributed by atoms with Gasteiger partial charge in [-0.05, 0) is 18.1 Å². The van der Waals surface area contributed by atoms with Crippen LogP contribution in [0.25, 0.3) is 0 Å². The zero-order valence-corrected chi connectivity index (χ0v) is 10.7. The van der Waals surface area contributed by atoms with Gasteiger partial charge in [-0.25, -0.2) is 13.1 Å². The van der Waals surface area contributed by atoms with Gasteiger partial charge in [-0.3, -0.25) is 0 Å². The van der Waals surface area contributed by atoms with Crippen LogP contribution in [0.5, 0.6) is 5.75 Å². The summed E-state index contributed by atoms with van der Waals surface area (Å²) in [6, 6.07) is 6.40. The normalized spacial score (nSPS) is 13.4. The van der Waals surface area contributed by atoms with Crippen molar-refractivity contribution >= 4 is 10.0 Å². The summed E-state index contributed by atoms with van der Waals surface area (Å²) in [6.07, 6.45) is 0. The first-order valence-corrected chi connectivity index (χ1v) is 6.73. The number of methoxy groups -OCH3 is 1. The first-order valence-electron chi connectivity index (χ1n) is 5.24. The summed E-state index contributed by atoms with van der Waals surface area (Å²) < 4.78 is 31.3. The van der Waals surface area contributed by atoms with Crippen molar-refractivity contribution in [3.8, 4) is 5.75 Å². The fourth-order valence-corrected chi connectivity index (χ4v) is 2.57. The summed E-state index contributed by atoms with van der Waals surface area (Å²) >= 11 is 0. The zero-order valence-electron chi connectivity index (χ0n) is 9.88. The number of hydrogen-bond acceptors (Lipinski definition) is 4. The highest BCUT2D eigenvalue weighted by Gasteiger charge is 2.19. The van der Waals surface area contributed by atoms with Gasteiger partial charge in [-0.1, -0.05) is 19.1 Å². The Kier molecular flexibility index (Phi) is 4.92. The minimum atomic E-state index is -3.59. The molecular formula is C11H17NO4S. The molecule has 96 valence electrons. The molecule has 1 aromatic carbocycles. The molecule has 0 aromatic heterocycles. The van der Waals surface area contributed by atoms with Gasteiger partial charge < -0.3 is 9.84 Å². The van der Waals surface area contributed by atoms with Gasteiger partial charge in [-0.2, -0.15) is 0 Å². The molecule has 0 spiro atoms. The molecule has 0 saturated heterocycles. The molecule has 2 N–H and O–H groups in total. The summed E-state index contributed by atoms with van der Waals surface area (Å²) in [5.41, 5.74) is 0. The number of aliphatic hydroxyl groups excluding tert-OH is 1. The smallest absolute Gasteiger partial charge is 0.244 e. The van der Waals surface area contributed by atoms with Crippen LogP contribution in [-0.4, -0.2) is 33.8 Å². The fourth-order valence-electron chi connectivity index (χ4n) is 1.24. The van der Waals surface area contributed by atoms with Crippen molar-refractivity contribution < 1.29 is 18.3 Å². The van der Waals surface area contributed by atoms with Crippen LogP contribution >= 0.6 is 0 Å². The van der Waals surface area contributed by atoms with Crippen LogP contribution in [0.15, 0.2) is 29.2 Å². The van der Waals surface area contributed by atoms with E-state index < -0.39 is 10.0 Å². The molecular weight excluding hydrogens is 242 g/mol. The van der Waals surface area contributed by atoms with Crippen molar-refractivity contribution in [2.75, 3.05) is 20.3 Å². The van der Waals surface area contributed by atoms with E-state index in [1.165, 1.54) is 13.2 Å². The Morgan fingerprint density at radius 3 is 2.65 bits per heavy atom. The molecule has 17 heavy (non-hydrogen) atoms. The Bertz CT molecular complexity index is 458. The number of benzene rings is 1. The Balaban J connectivity index is 2.89. The lowest BCUT2D eigenvalue weighted by atomic mass is 10.2. The number of rotatable bonds is 6. The monoisotopic (exact) mass is 259 g/mol.